The Labute approximate surface area is 241 Å². The van der Waals surface area contributed by atoms with Crippen LogP contribution in [0.4, 0.5) is 0 Å². The Morgan fingerprint density at radius 2 is 1.15 bits per heavy atom. The molecule has 2 nitrogen and oxygen atoms in total. The lowest BCUT2D eigenvalue weighted by Gasteiger charge is -2.24. The fraction of sp³-hybridized carbons (Fsp3) is 0. The van der Waals surface area contributed by atoms with E-state index in [1.807, 2.05) is 29.8 Å². The Bertz CT molecular complexity index is 2330. The molecule has 190 valence electrons. The third-order valence-electron chi connectivity index (χ3n) is 8.35. The summed E-state index contributed by atoms with van der Waals surface area (Å²) in [5, 5.41) is 2.63. The van der Waals surface area contributed by atoms with Gasteiger partial charge in [-0.2, -0.15) is 0 Å². The van der Waals surface area contributed by atoms with E-state index in [1.54, 1.807) is 0 Å². The number of pyridine rings is 2. The molecule has 0 bridgehead atoms. The maximum atomic E-state index is 4.92. The summed E-state index contributed by atoms with van der Waals surface area (Å²) in [6.07, 6.45) is 3.92. The molecule has 8 aromatic rings. The molecule has 0 saturated heterocycles. The predicted octanol–water partition coefficient (Wildman–Crippen LogP) is 10.6. The van der Waals surface area contributed by atoms with Gasteiger partial charge in [0.2, 0.25) is 0 Å². The molecular weight excluding hydrogens is 516 g/mol. The van der Waals surface area contributed by atoms with Gasteiger partial charge in [0, 0.05) is 43.7 Å². The Morgan fingerprint density at radius 3 is 2.00 bits per heavy atom. The number of aromatic nitrogens is 2. The lowest BCUT2D eigenvalue weighted by atomic mass is 9.80. The molecule has 5 aromatic carbocycles. The number of fused-ring (bicyclic) bond motifs is 13. The highest BCUT2D eigenvalue weighted by atomic mass is 32.1. The Kier molecular flexibility index (Phi) is 4.80. The first-order valence-electron chi connectivity index (χ1n) is 13.8. The summed E-state index contributed by atoms with van der Waals surface area (Å²) in [4.78, 5) is 9.79. The van der Waals surface area contributed by atoms with Crippen LogP contribution in [0.25, 0.3) is 86.8 Å². The zero-order chi connectivity index (χ0) is 26.9. The summed E-state index contributed by atoms with van der Waals surface area (Å²) >= 11 is 1.87. The molecule has 1 aliphatic carbocycles. The highest BCUT2D eigenvalue weighted by molar-refractivity contribution is 7.26. The maximum absolute atomic E-state index is 4.92. The number of rotatable bonds is 1. The van der Waals surface area contributed by atoms with Crippen LogP contribution >= 0.6 is 11.3 Å². The molecular formula is C38H22N2S. The van der Waals surface area contributed by atoms with Crippen molar-refractivity contribution in [1.82, 2.24) is 9.97 Å². The number of nitrogens with zero attached hydrogens (tertiary/aromatic N) is 2. The van der Waals surface area contributed by atoms with Crippen molar-refractivity contribution in [2.24, 2.45) is 0 Å². The van der Waals surface area contributed by atoms with Crippen LogP contribution in [0.15, 0.2) is 134 Å². The number of benzene rings is 5. The topological polar surface area (TPSA) is 25.8 Å². The molecule has 9 rings (SSSR count). The summed E-state index contributed by atoms with van der Waals surface area (Å²) in [6.45, 7) is 0. The summed E-state index contributed by atoms with van der Waals surface area (Å²) in [7, 11) is 0. The van der Waals surface area contributed by atoms with Gasteiger partial charge in [0.15, 0.2) is 0 Å². The first-order valence-corrected chi connectivity index (χ1v) is 14.6. The summed E-state index contributed by atoms with van der Waals surface area (Å²) < 4.78 is 2.64. The summed E-state index contributed by atoms with van der Waals surface area (Å²) in [5.74, 6) is 0. The molecule has 0 amide bonds. The van der Waals surface area contributed by atoms with Crippen LogP contribution in [-0.4, -0.2) is 9.97 Å². The third-order valence-corrected chi connectivity index (χ3v) is 9.57. The van der Waals surface area contributed by atoms with E-state index in [0.717, 1.165) is 22.2 Å². The van der Waals surface area contributed by atoms with Crippen LogP contribution in [0.1, 0.15) is 0 Å². The molecule has 0 N–H and O–H groups in total. The van der Waals surface area contributed by atoms with Crippen LogP contribution in [0.5, 0.6) is 0 Å². The second-order valence-corrected chi connectivity index (χ2v) is 11.6. The van der Waals surface area contributed by atoms with E-state index in [4.69, 9.17) is 9.97 Å². The lowest BCUT2D eigenvalue weighted by Crippen LogP contribution is -2.00. The molecule has 1 aliphatic rings. The van der Waals surface area contributed by atoms with Gasteiger partial charge in [-0.15, -0.1) is 11.3 Å². The second-order valence-electron chi connectivity index (χ2n) is 10.6. The fourth-order valence-corrected chi connectivity index (χ4v) is 7.77. The van der Waals surface area contributed by atoms with E-state index < -0.39 is 0 Å². The molecule has 0 atom stereocenters. The van der Waals surface area contributed by atoms with Crippen molar-refractivity contribution in [3.8, 4) is 55.6 Å². The van der Waals surface area contributed by atoms with Crippen molar-refractivity contribution in [3.05, 3.63) is 134 Å². The van der Waals surface area contributed by atoms with E-state index in [2.05, 4.69) is 115 Å². The zero-order valence-corrected chi connectivity index (χ0v) is 22.8. The van der Waals surface area contributed by atoms with Gasteiger partial charge in [0.25, 0.3) is 0 Å². The quantitative estimate of drug-likeness (QED) is 0.208. The number of hydrogen-bond acceptors (Lipinski definition) is 3. The Morgan fingerprint density at radius 1 is 0.463 bits per heavy atom. The van der Waals surface area contributed by atoms with E-state index in [1.165, 1.54) is 64.7 Å². The maximum Gasteiger partial charge on any atom is 0.0971 e. The average molecular weight is 539 g/mol. The minimum atomic E-state index is 0.905. The van der Waals surface area contributed by atoms with E-state index >= 15 is 0 Å². The largest absolute Gasteiger partial charge is 0.254 e. The van der Waals surface area contributed by atoms with Gasteiger partial charge in [-0.05, 0) is 68.8 Å². The van der Waals surface area contributed by atoms with Crippen LogP contribution in [0.2, 0.25) is 0 Å². The standard InChI is InChI=1S/C38H22N2S/c1-2-10-26-25(9-1)27-11-3-4-13-30(27)36-33(22-40-34-16-8-20-39-37(34)36)32-21-23(18-19-28(26)32)24-14-7-15-31-29-12-5-6-17-35(29)41-38(24)31/h1-22H. The van der Waals surface area contributed by atoms with Crippen LogP contribution in [0.3, 0.4) is 0 Å². The van der Waals surface area contributed by atoms with Crippen molar-refractivity contribution < 1.29 is 0 Å². The Hall–Kier alpha value is -5.12. The van der Waals surface area contributed by atoms with Gasteiger partial charge in [0.1, 0.15) is 0 Å². The molecule has 0 aliphatic heterocycles. The molecule has 3 heteroatoms. The van der Waals surface area contributed by atoms with Gasteiger partial charge >= 0.3 is 0 Å². The number of thiophene rings is 1. The van der Waals surface area contributed by atoms with Crippen LogP contribution in [0, 0.1) is 0 Å². The first kappa shape index (κ1) is 22.7. The van der Waals surface area contributed by atoms with Gasteiger partial charge < -0.3 is 0 Å². The van der Waals surface area contributed by atoms with Gasteiger partial charge in [-0.1, -0.05) is 97.1 Å². The van der Waals surface area contributed by atoms with Crippen molar-refractivity contribution in [3.63, 3.8) is 0 Å². The minimum absolute atomic E-state index is 0.905. The van der Waals surface area contributed by atoms with E-state index in [0.29, 0.717) is 0 Å². The SMILES string of the molecule is c1ccc2c(c1)-c1ccc(-c3cccc4c3sc3ccccc34)cc1-c1cnc3cccnc3c1-c1ccccc1-2. The molecule has 0 radical (unpaired) electrons. The average Bonchev–Trinajstić information content (AvgIpc) is 3.42. The highest BCUT2D eigenvalue weighted by Crippen LogP contribution is 2.50. The molecule has 3 aromatic heterocycles. The van der Waals surface area contributed by atoms with Crippen molar-refractivity contribution >= 4 is 42.5 Å². The smallest absolute Gasteiger partial charge is 0.0971 e. The normalized spacial score (nSPS) is 11.9. The van der Waals surface area contributed by atoms with Crippen molar-refractivity contribution in [2.75, 3.05) is 0 Å². The predicted molar refractivity (Wildman–Crippen MR) is 173 cm³/mol. The molecule has 3 heterocycles. The third kappa shape index (κ3) is 3.30. The number of hydrogen-bond donors (Lipinski definition) is 0. The van der Waals surface area contributed by atoms with Crippen molar-refractivity contribution in [2.45, 2.75) is 0 Å². The molecule has 0 saturated carbocycles. The van der Waals surface area contributed by atoms with Crippen LogP contribution in [-0.2, 0) is 0 Å². The lowest BCUT2D eigenvalue weighted by molar-refractivity contribution is 1.33. The first-order chi connectivity index (χ1) is 20.3. The highest BCUT2D eigenvalue weighted by Gasteiger charge is 2.25. The zero-order valence-electron chi connectivity index (χ0n) is 22.0. The monoisotopic (exact) mass is 538 g/mol. The summed E-state index contributed by atoms with van der Waals surface area (Å²) in [6, 6.07) is 43.8. The molecule has 0 spiro atoms. The van der Waals surface area contributed by atoms with E-state index in [9.17, 15) is 0 Å². The van der Waals surface area contributed by atoms with Gasteiger partial charge in [0.05, 0.1) is 11.0 Å². The Balaban J connectivity index is 1.41. The van der Waals surface area contributed by atoms with Crippen LogP contribution < -0.4 is 0 Å². The van der Waals surface area contributed by atoms with Gasteiger partial charge in [-0.3, -0.25) is 9.97 Å². The van der Waals surface area contributed by atoms with Gasteiger partial charge in [-0.25, -0.2) is 0 Å². The second kappa shape index (κ2) is 8.69. The summed E-state index contributed by atoms with van der Waals surface area (Å²) in [5.41, 5.74) is 13.8. The van der Waals surface area contributed by atoms with E-state index in [-0.39, 0.29) is 0 Å². The fourth-order valence-electron chi connectivity index (χ4n) is 6.53. The molecule has 41 heavy (non-hydrogen) atoms. The molecule has 0 unspecified atom stereocenters. The minimum Gasteiger partial charge on any atom is -0.254 e. The van der Waals surface area contributed by atoms with Crippen molar-refractivity contribution in [1.29, 1.82) is 0 Å². The molecule has 0 fully saturated rings.